The summed E-state index contributed by atoms with van der Waals surface area (Å²) in [4.78, 5) is 7.85. The molecule has 0 fully saturated rings. The summed E-state index contributed by atoms with van der Waals surface area (Å²) in [5.74, 6) is 0. The van der Waals surface area contributed by atoms with E-state index in [1.807, 2.05) is 78.0 Å². The highest BCUT2D eigenvalue weighted by Crippen LogP contribution is 2.31. The van der Waals surface area contributed by atoms with E-state index in [0.29, 0.717) is 6.54 Å². The van der Waals surface area contributed by atoms with Crippen LogP contribution in [0.4, 0.5) is 11.4 Å². The molecule has 5 aromatic rings. The van der Waals surface area contributed by atoms with E-state index in [2.05, 4.69) is 25.9 Å². The first kappa shape index (κ1) is 20.0. The zero-order chi connectivity index (χ0) is 22.1. The largest absolute Gasteiger partial charge is 0.399 e. The normalized spacial score (nSPS) is 12.2. The SMILES string of the molecule is CS(=O)Nc1cccc(-c2cnc3[nH]cc(-c4cnn(Cc5cccc(N)c5)c4)c3c2)c1. The third-order valence-electron chi connectivity index (χ3n) is 5.23. The zero-order valence-corrected chi connectivity index (χ0v) is 18.3. The molecule has 160 valence electrons. The highest BCUT2D eigenvalue weighted by Gasteiger charge is 2.11. The summed E-state index contributed by atoms with van der Waals surface area (Å²) in [7, 11) is -1.13. The van der Waals surface area contributed by atoms with Crippen molar-refractivity contribution in [3.63, 3.8) is 0 Å². The first-order valence-electron chi connectivity index (χ1n) is 10.1. The Bertz CT molecular complexity index is 1440. The van der Waals surface area contributed by atoms with Crippen LogP contribution in [0.3, 0.4) is 0 Å². The molecule has 5 rings (SSSR count). The van der Waals surface area contributed by atoms with Crippen LogP contribution >= 0.6 is 0 Å². The number of hydrogen-bond acceptors (Lipinski definition) is 4. The van der Waals surface area contributed by atoms with Crippen molar-refractivity contribution in [3.8, 4) is 22.3 Å². The van der Waals surface area contributed by atoms with Gasteiger partial charge in [-0.25, -0.2) is 9.19 Å². The molecular weight excluding hydrogens is 420 g/mol. The van der Waals surface area contributed by atoms with E-state index in [9.17, 15) is 4.21 Å². The van der Waals surface area contributed by atoms with Crippen LogP contribution in [0.1, 0.15) is 5.56 Å². The van der Waals surface area contributed by atoms with Crippen molar-refractivity contribution in [1.82, 2.24) is 19.7 Å². The van der Waals surface area contributed by atoms with E-state index in [-0.39, 0.29) is 0 Å². The number of nitrogen functional groups attached to an aromatic ring is 1. The predicted octanol–water partition coefficient (Wildman–Crippen LogP) is 4.43. The third kappa shape index (κ3) is 4.13. The van der Waals surface area contributed by atoms with Gasteiger partial charge in [0.05, 0.1) is 12.7 Å². The van der Waals surface area contributed by atoms with E-state index in [4.69, 9.17) is 5.73 Å². The fraction of sp³-hybridized carbons (Fsp3) is 0.0833. The lowest BCUT2D eigenvalue weighted by molar-refractivity contribution is 0.687. The summed E-state index contributed by atoms with van der Waals surface area (Å²) in [5, 5.41) is 5.55. The molecule has 1 atom stereocenters. The van der Waals surface area contributed by atoms with Gasteiger partial charge >= 0.3 is 0 Å². The fourth-order valence-corrected chi connectivity index (χ4v) is 4.25. The van der Waals surface area contributed by atoms with Gasteiger partial charge < -0.3 is 15.4 Å². The minimum atomic E-state index is -1.13. The van der Waals surface area contributed by atoms with Crippen LogP contribution in [0, 0.1) is 0 Å². The summed E-state index contributed by atoms with van der Waals surface area (Å²) < 4.78 is 16.3. The number of nitrogens with two attached hydrogens (primary N) is 1. The maximum atomic E-state index is 11.5. The van der Waals surface area contributed by atoms with Crippen molar-refractivity contribution in [3.05, 3.63) is 84.9 Å². The second-order valence-electron chi connectivity index (χ2n) is 7.63. The molecule has 0 saturated heterocycles. The van der Waals surface area contributed by atoms with Gasteiger partial charge in [-0.2, -0.15) is 5.10 Å². The molecule has 0 aliphatic carbocycles. The van der Waals surface area contributed by atoms with Crippen LogP contribution in [-0.4, -0.2) is 30.2 Å². The average Bonchev–Trinajstić information content (AvgIpc) is 3.39. The van der Waals surface area contributed by atoms with Crippen LogP contribution < -0.4 is 10.5 Å². The molecule has 0 saturated carbocycles. The molecule has 0 bridgehead atoms. The molecule has 0 spiro atoms. The monoisotopic (exact) mass is 442 g/mol. The molecule has 0 aliphatic rings. The molecule has 1 unspecified atom stereocenters. The van der Waals surface area contributed by atoms with Crippen LogP contribution in [-0.2, 0) is 17.5 Å². The number of nitrogens with zero attached hydrogens (tertiary/aromatic N) is 3. The zero-order valence-electron chi connectivity index (χ0n) is 17.4. The maximum Gasteiger partial charge on any atom is 0.137 e. The Kier molecular flexibility index (Phi) is 5.20. The van der Waals surface area contributed by atoms with Gasteiger partial charge in [-0.15, -0.1) is 0 Å². The highest BCUT2D eigenvalue weighted by molar-refractivity contribution is 7.85. The minimum Gasteiger partial charge on any atom is -0.399 e. The van der Waals surface area contributed by atoms with Crippen molar-refractivity contribution >= 4 is 33.4 Å². The Balaban J connectivity index is 1.47. The van der Waals surface area contributed by atoms with Crippen molar-refractivity contribution < 1.29 is 4.21 Å². The van der Waals surface area contributed by atoms with Crippen LogP contribution in [0.2, 0.25) is 0 Å². The Morgan fingerprint density at radius 3 is 2.78 bits per heavy atom. The average molecular weight is 443 g/mol. The molecule has 3 aromatic heterocycles. The van der Waals surface area contributed by atoms with E-state index in [1.165, 1.54) is 0 Å². The number of benzene rings is 2. The number of nitrogens with one attached hydrogen (secondary N) is 2. The number of anilines is 2. The number of fused-ring (bicyclic) bond motifs is 1. The molecule has 32 heavy (non-hydrogen) atoms. The number of pyridine rings is 1. The maximum absolute atomic E-state index is 11.5. The number of aromatic amines is 1. The Labute approximate surface area is 187 Å². The number of hydrogen-bond donors (Lipinski definition) is 3. The highest BCUT2D eigenvalue weighted by atomic mass is 32.2. The van der Waals surface area contributed by atoms with Crippen molar-refractivity contribution in [1.29, 1.82) is 0 Å². The van der Waals surface area contributed by atoms with Crippen molar-refractivity contribution in [2.45, 2.75) is 6.54 Å². The van der Waals surface area contributed by atoms with Crippen molar-refractivity contribution in [2.75, 3.05) is 16.7 Å². The van der Waals surface area contributed by atoms with Gasteiger partial charge in [0.25, 0.3) is 0 Å². The second kappa shape index (κ2) is 8.32. The number of rotatable bonds is 6. The molecule has 8 heteroatoms. The summed E-state index contributed by atoms with van der Waals surface area (Å²) in [6.07, 6.45) is 9.30. The van der Waals surface area contributed by atoms with Gasteiger partial charge in [-0.05, 0) is 41.5 Å². The number of H-pyrrole nitrogens is 1. The Hall–Kier alpha value is -3.91. The van der Waals surface area contributed by atoms with Crippen molar-refractivity contribution in [2.24, 2.45) is 0 Å². The molecule has 2 aromatic carbocycles. The van der Waals surface area contributed by atoms with Gasteiger partial charge in [0.15, 0.2) is 0 Å². The molecular formula is C24H22N6OS. The standard InChI is InChI=1S/C24H22N6OS/c1-32(31)29-21-7-3-5-17(9-21)18-10-22-23(13-27-24(22)26-11-18)19-12-28-30(15-19)14-16-4-2-6-20(25)8-16/h2-13,15,29H,14,25H2,1H3,(H,26,27). The lowest BCUT2D eigenvalue weighted by Crippen LogP contribution is -2.00. The Morgan fingerprint density at radius 2 is 1.94 bits per heavy atom. The predicted molar refractivity (Wildman–Crippen MR) is 130 cm³/mol. The van der Waals surface area contributed by atoms with Gasteiger partial charge in [0.2, 0.25) is 0 Å². The summed E-state index contributed by atoms with van der Waals surface area (Å²) >= 11 is 0. The first-order valence-corrected chi connectivity index (χ1v) is 11.7. The van der Waals surface area contributed by atoms with Gasteiger partial charge in [-0.3, -0.25) is 4.68 Å². The Morgan fingerprint density at radius 1 is 1.06 bits per heavy atom. The molecule has 3 heterocycles. The van der Waals surface area contributed by atoms with Gasteiger partial charge in [-0.1, -0.05) is 24.3 Å². The smallest absolute Gasteiger partial charge is 0.137 e. The van der Waals surface area contributed by atoms with Crippen LogP contribution in [0.15, 0.2) is 79.4 Å². The third-order valence-corrected chi connectivity index (χ3v) is 5.75. The van der Waals surface area contributed by atoms with Gasteiger partial charge in [0, 0.05) is 58.3 Å². The molecule has 0 amide bonds. The topological polar surface area (TPSA) is 102 Å². The fourth-order valence-electron chi connectivity index (χ4n) is 3.80. The summed E-state index contributed by atoms with van der Waals surface area (Å²) in [6.45, 7) is 0.648. The van der Waals surface area contributed by atoms with Gasteiger partial charge in [0.1, 0.15) is 16.6 Å². The quantitative estimate of drug-likeness (QED) is 0.339. The summed E-state index contributed by atoms with van der Waals surface area (Å²) in [5.41, 5.74) is 13.4. The van der Waals surface area contributed by atoms with Crippen LogP contribution in [0.25, 0.3) is 33.3 Å². The number of aromatic nitrogens is 4. The molecule has 4 N–H and O–H groups in total. The molecule has 0 aliphatic heterocycles. The molecule has 0 radical (unpaired) electrons. The summed E-state index contributed by atoms with van der Waals surface area (Å²) in [6, 6.07) is 17.8. The van der Waals surface area contributed by atoms with E-state index in [0.717, 1.165) is 50.2 Å². The first-order chi connectivity index (χ1) is 15.5. The van der Waals surface area contributed by atoms with E-state index >= 15 is 0 Å². The van der Waals surface area contributed by atoms with E-state index < -0.39 is 11.0 Å². The molecule has 7 nitrogen and oxygen atoms in total. The van der Waals surface area contributed by atoms with Crippen LogP contribution in [0.5, 0.6) is 0 Å². The van der Waals surface area contributed by atoms with E-state index in [1.54, 1.807) is 6.26 Å². The minimum absolute atomic E-state index is 0.648. The second-order valence-corrected chi connectivity index (χ2v) is 8.74. The lowest BCUT2D eigenvalue weighted by atomic mass is 10.0. The lowest BCUT2D eigenvalue weighted by Gasteiger charge is -2.06.